The number of nitrogens with two attached hydrogens (primary N) is 1. The molecule has 0 radical (unpaired) electrons. The fourth-order valence-electron chi connectivity index (χ4n) is 8.77. The molecule has 218 valence electrons. The van der Waals surface area contributed by atoms with Crippen molar-refractivity contribution in [1.29, 1.82) is 0 Å². The lowest BCUT2D eigenvalue weighted by molar-refractivity contribution is -0.139. The summed E-state index contributed by atoms with van der Waals surface area (Å²) in [7, 11) is -4.23. The Balaban J connectivity index is 1.50. The molecule has 4 fully saturated rings. The van der Waals surface area contributed by atoms with E-state index in [1.165, 1.54) is 25.7 Å². The van der Waals surface area contributed by atoms with Gasteiger partial charge in [-0.05, 0) is 87.0 Å². The van der Waals surface area contributed by atoms with Crippen molar-refractivity contribution in [2.45, 2.75) is 134 Å². The van der Waals surface area contributed by atoms with Crippen LogP contribution in [0.2, 0.25) is 0 Å². The van der Waals surface area contributed by atoms with Crippen molar-refractivity contribution in [2.24, 2.45) is 28.4 Å². The lowest BCUT2D eigenvalue weighted by Crippen LogP contribution is -2.60. The highest BCUT2D eigenvalue weighted by atomic mass is 32.2. The highest BCUT2D eigenvalue weighted by Gasteiger charge is 2.60. The van der Waals surface area contributed by atoms with E-state index >= 15 is 0 Å². The van der Waals surface area contributed by atoms with E-state index in [0.717, 1.165) is 51.4 Å². The summed E-state index contributed by atoms with van der Waals surface area (Å²) in [6.07, 6.45) is 14.6. The van der Waals surface area contributed by atoms with Gasteiger partial charge in [-0.2, -0.15) is 17.9 Å². The third kappa shape index (κ3) is 7.09. The Hall–Kier alpha value is -1.23. The lowest BCUT2D eigenvalue weighted by Gasteiger charge is -2.46. The van der Waals surface area contributed by atoms with E-state index in [9.17, 15) is 23.1 Å². The summed E-state index contributed by atoms with van der Waals surface area (Å²) in [5, 5.41) is 13.0. The average molecular weight is 555 g/mol. The van der Waals surface area contributed by atoms with Crippen LogP contribution in [-0.4, -0.2) is 49.6 Å². The Morgan fingerprint density at radius 2 is 1.68 bits per heavy atom. The number of unbranched alkanes of at least 4 members (excludes halogenated alkanes) is 1. The Morgan fingerprint density at radius 3 is 2.37 bits per heavy atom. The van der Waals surface area contributed by atoms with E-state index in [0.29, 0.717) is 37.1 Å². The van der Waals surface area contributed by atoms with E-state index in [-0.39, 0.29) is 29.2 Å². The van der Waals surface area contributed by atoms with Crippen LogP contribution in [0.5, 0.6) is 0 Å². The number of fused-ring (bicyclic) bond motifs is 2. The van der Waals surface area contributed by atoms with Gasteiger partial charge in [0.1, 0.15) is 12.1 Å². The lowest BCUT2D eigenvalue weighted by atomic mass is 9.66. The molecule has 0 aromatic rings. The molecular formula is C28H50N4O5S. The summed E-state index contributed by atoms with van der Waals surface area (Å²) in [6.45, 7) is 5.20. The maximum Gasteiger partial charge on any atom is 0.321 e. The highest BCUT2D eigenvalue weighted by Crippen LogP contribution is 2.66. The largest absolute Gasteiger partial charge is 0.480 e. The standard InChI is InChI=1S/C28H50N4O5S/c1-26-16-21-17-28(19-26,13-8-12-27(21,2)18-26)30-24(33)23(15-20-9-4-3-5-10-20)32-38(36,37)31-22(25(34)35)11-6-7-14-29/h20-23,31-32H,3-19,29H2,1-2H3,(H,30,33)(H,34,35)/t21?,22-,23-,26?,27?,28?/m0/s1. The van der Waals surface area contributed by atoms with Crippen LogP contribution in [0.4, 0.5) is 0 Å². The number of carboxylic acids is 1. The molecule has 4 aliphatic rings. The number of rotatable bonds is 13. The van der Waals surface area contributed by atoms with Gasteiger partial charge < -0.3 is 16.2 Å². The maximum absolute atomic E-state index is 13.9. The molecule has 0 aliphatic heterocycles. The van der Waals surface area contributed by atoms with E-state index < -0.39 is 28.3 Å². The van der Waals surface area contributed by atoms with Crippen LogP contribution in [0.1, 0.15) is 117 Å². The van der Waals surface area contributed by atoms with Gasteiger partial charge in [0, 0.05) is 5.54 Å². The fourth-order valence-corrected chi connectivity index (χ4v) is 10.0. The van der Waals surface area contributed by atoms with Crippen molar-refractivity contribution < 1.29 is 23.1 Å². The van der Waals surface area contributed by atoms with Gasteiger partial charge in [0.25, 0.3) is 10.2 Å². The van der Waals surface area contributed by atoms with Gasteiger partial charge >= 0.3 is 5.97 Å². The Labute approximate surface area is 229 Å². The molecule has 6 atom stereocenters. The van der Waals surface area contributed by atoms with Crippen LogP contribution in [0.15, 0.2) is 0 Å². The zero-order valence-corrected chi connectivity index (χ0v) is 24.2. The van der Waals surface area contributed by atoms with Crippen LogP contribution in [0.3, 0.4) is 0 Å². The number of hydrogen-bond donors (Lipinski definition) is 5. The minimum absolute atomic E-state index is 0.148. The monoisotopic (exact) mass is 554 g/mol. The molecule has 4 rings (SSSR count). The molecule has 38 heavy (non-hydrogen) atoms. The molecule has 0 aromatic heterocycles. The van der Waals surface area contributed by atoms with Crippen LogP contribution < -0.4 is 20.5 Å². The molecule has 0 saturated heterocycles. The quantitative estimate of drug-likeness (QED) is 0.220. The second-order valence-corrected chi connectivity index (χ2v) is 15.2. The number of hydrogen-bond acceptors (Lipinski definition) is 5. The van der Waals surface area contributed by atoms with Crippen LogP contribution in [-0.2, 0) is 19.8 Å². The van der Waals surface area contributed by atoms with Crippen molar-refractivity contribution in [3.05, 3.63) is 0 Å². The molecule has 0 aromatic carbocycles. The predicted molar refractivity (Wildman–Crippen MR) is 147 cm³/mol. The topological polar surface area (TPSA) is 151 Å². The molecule has 4 aliphatic carbocycles. The molecule has 6 N–H and O–H groups in total. The molecule has 0 heterocycles. The molecule has 3 bridgehead atoms. The number of aliphatic carboxylic acids is 1. The molecular weight excluding hydrogens is 504 g/mol. The average Bonchev–Trinajstić information content (AvgIpc) is 2.95. The zero-order chi connectivity index (χ0) is 27.6. The normalized spacial score (nSPS) is 35.0. The summed E-state index contributed by atoms with van der Waals surface area (Å²) in [4.78, 5) is 25.7. The van der Waals surface area contributed by atoms with Gasteiger partial charge in [0.05, 0.1) is 0 Å². The van der Waals surface area contributed by atoms with Gasteiger partial charge in [-0.3, -0.25) is 9.59 Å². The second-order valence-electron chi connectivity index (χ2n) is 13.8. The third-order valence-corrected chi connectivity index (χ3v) is 11.4. The van der Waals surface area contributed by atoms with Crippen molar-refractivity contribution in [1.82, 2.24) is 14.8 Å². The number of nitrogens with one attached hydrogen (secondary N) is 3. The number of carbonyl (C=O) groups excluding carboxylic acids is 1. The summed E-state index contributed by atoms with van der Waals surface area (Å²) >= 11 is 0. The van der Waals surface area contributed by atoms with Crippen molar-refractivity contribution in [3.8, 4) is 0 Å². The van der Waals surface area contributed by atoms with E-state index in [2.05, 4.69) is 28.6 Å². The first kappa shape index (κ1) is 29.7. The van der Waals surface area contributed by atoms with Crippen molar-refractivity contribution in [3.63, 3.8) is 0 Å². The van der Waals surface area contributed by atoms with E-state index in [1.807, 2.05) is 0 Å². The second kappa shape index (κ2) is 11.7. The molecule has 9 nitrogen and oxygen atoms in total. The minimum Gasteiger partial charge on any atom is -0.480 e. The first-order valence-corrected chi connectivity index (χ1v) is 16.4. The van der Waals surface area contributed by atoms with Gasteiger partial charge in [-0.15, -0.1) is 0 Å². The van der Waals surface area contributed by atoms with E-state index in [4.69, 9.17) is 5.73 Å². The van der Waals surface area contributed by atoms with Crippen LogP contribution in [0, 0.1) is 22.7 Å². The van der Waals surface area contributed by atoms with Crippen LogP contribution in [0.25, 0.3) is 0 Å². The SMILES string of the molecule is CC12CC3CC(NC(=O)[C@H](CC4CCCCC4)NS(=O)(=O)N[C@@H](CCCCN)C(=O)O)(CCCC3(C)C1)C2. The summed E-state index contributed by atoms with van der Waals surface area (Å²) in [5.74, 6) is -0.627. The number of carbonyl (C=O) groups is 2. The Kier molecular flexibility index (Phi) is 9.17. The van der Waals surface area contributed by atoms with Crippen molar-refractivity contribution in [2.75, 3.05) is 6.54 Å². The summed E-state index contributed by atoms with van der Waals surface area (Å²) in [5.41, 5.74) is 5.76. The Bertz CT molecular complexity index is 970. The first-order chi connectivity index (χ1) is 17.9. The number of amides is 1. The zero-order valence-electron chi connectivity index (χ0n) is 23.4. The fraction of sp³-hybridized carbons (Fsp3) is 0.929. The van der Waals surface area contributed by atoms with Gasteiger partial charge in [0.2, 0.25) is 5.91 Å². The van der Waals surface area contributed by atoms with E-state index in [1.54, 1.807) is 0 Å². The number of carboxylic acid groups (broad SMARTS) is 1. The van der Waals surface area contributed by atoms with Crippen LogP contribution >= 0.6 is 0 Å². The Morgan fingerprint density at radius 1 is 0.974 bits per heavy atom. The summed E-state index contributed by atoms with van der Waals surface area (Å²) < 4.78 is 31.2. The molecule has 10 heteroatoms. The third-order valence-electron chi connectivity index (χ3n) is 10.2. The maximum atomic E-state index is 13.9. The highest BCUT2D eigenvalue weighted by molar-refractivity contribution is 7.87. The molecule has 4 unspecified atom stereocenters. The van der Waals surface area contributed by atoms with Gasteiger partial charge in [0.15, 0.2) is 0 Å². The molecule has 1 amide bonds. The van der Waals surface area contributed by atoms with Gasteiger partial charge in [-0.1, -0.05) is 58.8 Å². The molecule has 0 spiro atoms. The predicted octanol–water partition coefficient (Wildman–Crippen LogP) is 3.59. The minimum atomic E-state index is -4.23. The smallest absolute Gasteiger partial charge is 0.321 e. The summed E-state index contributed by atoms with van der Waals surface area (Å²) in [6, 6.07) is -2.19. The van der Waals surface area contributed by atoms with Crippen molar-refractivity contribution >= 4 is 22.1 Å². The molecule has 4 saturated carbocycles. The van der Waals surface area contributed by atoms with Gasteiger partial charge in [-0.25, -0.2) is 0 Å². The first-order valence-electron chi connectivity index (χ1n) is 14.9.